The van der Waals surface area contributed by atoms with Gasteiger partial charge in [0.25, 0.3) is 0 Å². The average molecular weight is 539 g/mol. The van der Waals surface area contributed by atoms with Gasteiger partial charge in [-0.3, -0.25) is 0 Å². The van der Waals surface area contributed by atoms with Crippen molar-refractivity contribution in [3.05, 3.63) is 127 Å². The van der Waals surface area contributed by atoms with Gasteiger partial charge in [-0.1, -0.05) is 66.7 Å². The van der Waals surface area contributed by atoms with Crippen molar-refractivity contribution in [2.45, 2.75) is 19.2 Å². The highest BCUT2D eigenvalue weighted by molar-refractivity contribution is 7.95. The molecule has 0 spiro atoms. The van der Waals surface area contributed by atoms with Crippen LogP contribution >= 0.6 is 7.26 Å². The molecule has 4 aromatic rings. The predicted molar refractivity (Wildman–Crippen MR) is 144 cm³/mol. The van der Waals surface area contributed by atoms with E-state index in [9.17, 15) is 13.2 Å². The molecule has 1 saturated carbocycles. The molecular weight excluding hydrogens is 512 g/mol. The fourth-order valence-corrected chi connectivity index (χ4v) is 8.85. The molecule has 0 unspecified atom stereocenters. The molecule has 0 radical (unpaired) electrons. The van der Waals surface area contributed by atoms with Crippen molar-refractivity contribution in [2.75, 3.05) is 6.16 Å². The van der Waals surface area contributed by atoms with Crippen LogP contribution in [-0.4, -0.2) is 12.5 Å². The number of halogens is 4. The Labute approximate surface area is 222 Å². The lowest BCUT2D eigenvalue weighted by atomic mass is 10.0. The van der Waals surface area contributed by atoms with Gasteiger partial charge in [0.1, 0.15) is 28.9 Å². The summed E-state index contributed by atoms with van der Waals surface area (Å²) in [6, 6.07) is 38.4. The molecule has 6 heteroatoms. The summed E-state index contributed by atoms with van der Waals surface area (Å²) in [5, 5.41) is 3.92. The summed E-state index contributed by atoms with van der Waals surface area (Å²) in [5.74, 6) is 0.240. The van der Waals surface area contributed by atoms with E-state index < -0.39 is 13.6 Å². The molecule has 5 rings (SSSR count). The molecule has 1 fully saturated rings. The van der Waals surface area contributed by atoms with Gasteiger partial charge in [0.05, 0.1) is 6.16 Å². The second-order valence-electron chi connectivity index (χ2n) is 9.00. The van der Waals surface area contributed by atoms with Gasteiger partial charge in [0, 0.05) is 0 Å². The van der Waals surface area contributed by atoms with E-state index in [0.29, 0.717) is 5.92 Å². The molecule has 37 heavy (non-hydrogen) atoms. The molecule has 0 bridgehead atoms. The largest absolute Gasteiger partial charge is 1.00 e. The Morgan fingerprint density at radius 2 is 1.14 bits per heavy atom. The maximum absolute atomic E-state index is 12.6. The molecule has 0 amide bonds. The second kappa shape index (κ2) is 11.5. The van der Waals surface area contributed by atoms with Crippen LogP contribution in [0.4, 0.5) is 13.2 Å². The van der Waals surface area contributed by atoms with Gasteiger partial charge < -0.3 is 17.1 Å². The zero-order chi connectivity index (χ0) is 25.0. The third-order valence-electron chi connectivity index (χ3n) is 6.61. The van der Waals surface area contributed by atoms with Gasteiger partial charge in [0.2, 0.25) is 0 Å². The highest BCUT2D eigenvalue weighted by Gasteiger charge is 2.44. The van der Waals surface area contributed by atoms with E-state index in [1.54, 1.807) is 12.1 Å². The van der Waals surface area contributed by atoms with Gasteiger partial charge in [-0.05, 0) is 84.5 Å². The maximum Gasteiger partial charge on any atom is 0.573 e. The zero-order valence-corrected chi connectivity index (χ0v) is 21.8. The molecular formula is C31H27ClF3OP. The predicted octanol–water partition coefficient (Wildman–Crippen LogP) is 4.38. The van der Waals surface area contributed by atoms with Crippen molar-refractivity contribution >= 4 is 28.7 Å². The van der Waals surface area contributed by atoms with Crippen molar-refractivity contribution < 1.29 is 30.3 Å². The number of alkyl halides is 3. The number of hydrogen-bond acceptors (Lipinski definition) is 1. The van der Waals surface area contributed by atoms with Crippen LogP contribution in [0.1, 0.15) is 18.4 Å². The lowest BCUT2D eigenvalue weighted by Crippen LogP contribution is -3.00. The Morgan fingerprint density at radius 3 is 1.51 bits per heavy atom. The van der Waals surface area contributed by atoms with Gasteiger partial charge in [-0.15, -0.1) is 13.2 Å². The van der Waals surface area contributed by atoms with Crippen LogP contribution in [0, 0.1) is 5.92 Å². The summed E-state index contributed by atoms with van der Waals surface area (Å²) in [4.78, 5) is 0. The van der Waals surface area contributed by atoms with Crippen LogP contribution in [0.25, 0.3) is 5.57 Å². The van der Waals surface area contributed by atoms with Crippen molar-refractivity contribution in [1.29, 1.82) is 0 Å². The van der Waals surface area contributed by atoms with Gasteiger partial charge in [0.15, 0.2) is 0 Å². The number of allylic oxidation sites excluding steroid dienone is 2. The molecule has 4 aromatic carbocycles. The molecule has 190 valence electrons. The summed E-state index contributed by atoms with van der Waals surface area (Å²) in [7, 11) is -2.03. The normalized spacial score (nSPS) is 14.1. The third-order valence-corrected chi connectivity index (χ3v) is 10.9. The standard InChI is InChI=1S/C31H27F3OP.ClH/c32-31(33,34)35-26-20-18-25(19-21-26)30(24-16-17-24)22-23-36(27-10-4-1-5-11-27,28-12-6-2-7-13-28)29-14-8-3-9-15-29;/h1-15,18-22,24H,16-17,23H2;1H/q+1;/p-1/b30-22-;. The Balaban J connectivity index is 0.00000320. The summed E-state index contributed by atoms with van der Waals surface area (Å²) >= 11 is 0. The Hall–Kier alpha value is -3.07. The highest BCUT2D eigenvalue weighted by Crippen LogP contribution is 2.56. The maximum atomic E-state index is 12.6. The van der Waals surface area contributed by atoms with Crippen molar-refractivity contribution in [1.82, 2.24) is 0 Å². The van der Waals surface area contributed by atoms with Gasteiger partial charge in [-0.25, -0.2) is 0 Å². The first-order chi connectivity index (χ1) is 17.5. The zero-order valence-electron chi connectivity index (χ0n) is 20.1. The van der Waals surface area contributed by atoms with Crippen LogP contribution in [0.5, 0.6) is 5.75 Å². The van der Waals surface area contributed by atoms with Gasteiger partial charge in [-0.2, -0.15) is 0 Å². The average Bonchev–Trinajstić information content (AvgIpc) is 3.74. The van der Waals surface area contributed by atoms with E-state index in [2.05, 4.69) is 83.6 Å². The first-order valence-corrected chi connectivity index (χ1v) is 14.0. The minimum Gasteiger partial charge on any atom is -1.00 e. The highest BCUT2D eigenvalue weighted by atomic mass is 35.5. The van der Waals surface area contributed by atoms with Crippen molar-refractivity contribution in [3.63, 3.8) is 0 Å². The molecule has 1 aliphatic rings. The van der Waals surface area contributed by atoms with E-state index >= 15 is 0 Å². The van der Waals surface area contributed by atoms with Crippen LogP contribution in [0.3, 0.4) is 0 Å². The number of ether oxygens (including phenoxy) is 1. The lowest BCUT2D eigenvalue weighted by molar-refractivity contribution is -0.274. The molecule has 0 atom stereocenters. The Morgan fingerprint density at radius 1 is 0.703 bits per heavy atom. The summed E-state index contributed by atoms with van der Waals surface area (Å²) in [6.45, 7) is 0. The third kappa shape index (κ3) is 6.26. The minimum absolute atomic E-state index is 0. The smallest absolute Gasteiger partial charge is 0.573 e. The fourth-order valence-electron chi connectivity index (χ4n) is 4.81. The molecule has 0 heterocycles. The van der Waals surface area contributed by atoms with E-state index in [-0.39, 0.29) is 18.2 Å². The monoisotopic (exact) mass is 538 g/mol. The minimum atomic E-state index is -4.69. The van der Waals surface area contributed by atoms with Crippen molar-refractivity contribution in [2.24, 2.45) is 5.92 Å². The number of hydrogen-bond donors (Lipinski definition) is 0. The topological polar surface area (TPSA) is 9.23 Å². The van der Waals surface area contributed by atoms with Crippen molar-refractivity contribution in [3.8, 4) is 5.75 Å². The molecule has 1 aliphatic carbocycles. The fraction of sp³-hybridized carbons (Fsp3) is 0.161. The van der Waals surface area contributed by atoms with E-state index in [4.69, 9.17) is 0 Å². The molecule has 0 aromatic heterocycles. The van der Waals surface area contributed by atoms with Crippen LogP contribution in [0.15, 0.2) is 121 Å². The van der Waals surface area contributed by atoms with Crippen LogP contribution in [-0.2, 0) is 0 Å². The van der Waals surface area contributed by atoms with E-state index in [1.165, 1.54) is 33.6 Å². The van der Waals surface area contributed by atoms with Crippen LogP contribution < -0.4 is 33.1 Å². The SMILES string of the molecule is FC(F)(F)Oc1ccc(/C(=C\C[P+](c2ccccc2)(c2ccccc2)c2ccccc2)C2CC2)cc1.[Cl-]. The van der Waals surface area contributed by atoms with Gasteiger partial charge >= 0.3 is 6.36 Å². The molecule has 0 saturated heterocycles. The quantitative estimate of drug-likeness (QED) is 0.303. The first-order valence-electron chi connectivity index (χ1n) is 12.1. The van der Waals surface area contributed by atoms with Crippen LogP contribution in [0.2, 0.25) is 0 Å². The first kappa shape index (κ1) is 27.0. The summed E-state index contributed by atoms with van der Waals surface area (Å²) < 4.78 is 42.0. The molecule has 0 aliphatic heterocycles. The Bertz CT molecular complexity index is 1210. The summed E-state index contributed by atoms with van der Waals surface area (Å²) in [5.41, 5.74) is 2.17. The second-order valence-corrected chi connectivity index (χ2v) is 12.5. The lowest BCUT2D eigenvalue weighted by Gasteiger charge is -2.27. The number of benzene rings is 4. The Kier molecular flexibility index (Phi) is 8.42. The van der Waals surface area contributed by atoms with E-state index in [0.717, 1.165) is 24.6 Å². The molecule has 0 N–H and O–H groups in total. The molecule has 1 nitrogen and oxygen atoms in total. The summed E-state index contributed by atoms with van der Waals surface area (Å²) in [6.07, 6.45) is 0.678. The van der Waals surface area contributed by atoms with E-state index in [1.807, 2.05) is 18.2 Å². The number of rotatable bonds is 8.